The average Bonchev–Trinajstić information content (AvgIpc) is 3.04. The molecule has 3 aromatic rings. The van der Waals surface area contributed by atoms with Crippen LogP contribution in [0, 0.1) is 5.92 Å². The summed E-state index contributed by atoms with van der Waals surface area (Å²) in [4.78, 5) is 32.7. The predicted octanol–water partition coefficient (Wildman–Crippen LogP) is 4.12. The predicted molar refractivity (Wildman–Crippen MR) is 119 cm³/mol. The number of benzene rings is 2. The summed E-state index contributed by atoms with van der Waals surface area (Å²) in [6.45, 7) is 6.80. The number of aromatic nitrogens is 2. The molecule has 0 saturated carbocycles. The Morgan fingerprint density at radius 1 is 1.17 bits per heavy atom. The zero-order valence-electron chi connectivity index (χ0n) is 17.0. The van der Waals surface area contributed by atoms with Crippen LogP contribution in [0.5, 0.6) is 0 Å². The van der Waals surface area contributed by atoms with Crippen molar-refractivity contribution in [1.82, 2.24) is 9.55 Å². The van der Waals surface area contributed by atoms with Crippen LogP contribution in [0.2, 0.25) is 0 Å². The van der Waals surface area contributed by atoms with Crippen molar-refractivity contribution in [2.24, 2.45) is 5.92 Å². The van der Waals surface area contributed by atoms with Gasteiger partial charge < -0.3 is 4.90 Å². The van der Waals surface area contributed by atoms with Gasteiger partial charge >= 0.3 is 0 Å². The molecule has 2 aromatic carbocycles. The molecule has 1 unspecified atom stereocenters. The molecule has 150 valence electrons. The number of carbonyl (C=O) groups is 1. The molecule has 0 bridgehead atoms. The highest BCUT2D eigenvalue weighted by Gasteiger charge is 2.30. The Kier molecular flexibility index (Phi) is 5.46. The summed E-state index contributed by atoms with van der Waals surface area (Å²) >= 11 is 1.35. The smallest absolute Gasteiger partial charge is 0.262 e. The van der Waals surface area contributed by atoms with E-state index in [1.54, 1.807) is 4.57 Å². The van der Waals surface area contributed by atoms with Crippen molar-refractivity contribution in [1.29, 1.82) is 0 Å². The van der Waals surface area contributed by atoms with Crippen LogP contribution < -0.4 is 10.5 Å². The van der Waals surface area contributed by atoms with E-state index in [0.717, 1.165) is 12.1 Å². The first-order chi connectivity index (χ1) is 14.0. The fourth-order valence-electron chi connectivity index (χ4n) is 3.93. The van der Waals surface area contributed by atoms with Gasteiger partial charge in [-0.2, -0.15) is 0 Å². The van der Waals surface area contributed by atoms with Crippen LogP contribution in [0.4, 0.5) is 5.69 Å². The summed E-state index contributed by atoms with van der Waals surface area (Å²) in [5, 5.41) is 1.22. The molecular weight excluding hydrogens is 382 g/mol. The van der Waals surface area contributed by atoms with Gasteiger partial charge in [0.15, 0.2) is 5.16 Å². The first-order valence-electron chi connectivity index (χ1n) is 9.98. The van der Waals surface area contributed by atoms with Crippen LogP contribution in [-0.4, -0.2) is 27.3 Å². The van der Waals surface area contributed by atoms with Crippen molar-refractivity contribution >= 4 is 34.3 Å². The molecule has 29 heavy (non-hydrogen) atoms. The van der Waals surface area contributed by atoms with Crippen molar-refractivity contribution in [2.45, 2.75) is 44.9 Å². The molecule has 0 N–H and O–H groups in total. The molecule has 0 fully saturated rings. The van der Waals surface area contributed by atoms with Gasteiger partial charge in [-0.15, -0.1) is 0 Å². The molecule has 1 aliphatic rings. The maximum atomic E-state index is 13.1. The Balaban J connectivity index is 1.63. The zero-order chi connectivity index (χ0) is 20.5. The SMILES string of the molecule is CC(C)Cn1c(SCC(=O)N2c3ccccc3CC2C)nc2ccccc2c1=O. The molecule has 6 heteroatoms. The molecule has 0 spiro atoms. The number of nitrogens with zero attached hydrogens (tertiary/aromatic N) is 3. The third-order valence-corrected chi connectivity index (χ3v) is 6.14. The van der Waals surface area contributed by atoms with E-state index in [2.05, 4.69) is 26.8 Å². The Hall–Kier alpha value is -2.60. The lowest BCUT2D eigenvalue weighted by molar-refractivity contribution is -0.116. The Morgan fingerprint density at radius 3 is 2.69 bits per heavy atom. The topological polar surface area (TPSA) is 55.2 Å². The first-order valence-corrected chi connectivity index (χ1v) is 11.0. The molecule has 1 atom stereocenters. The lowest BCUT2D eigenvalue weighted by Gasteiger charge is -2.23. The number of carbonyl (C=O) groups excluding carboxylic acids is 1. The second-order valence-corrected chi connectivity index (χ2v) is 8.90. The number of hydrogen-bond donors (Lipinski definition) is 0. The zero-order valence-corrected chi connectivity index (χ0v) is 17.8. The van der Waals surface area contributed by atoms with E-state index >= 15 is 0 Å². The lowest BCUT2D eigenvalue weighted by atomic mass is 10.1. The summed E-state index contributed by atoms with van der Waals surface area (Å²) in [6, 6.07) is 15.6. The van der Waals surface area contributed by atoms with Crippen molar-refractivity contribution in [2.75, 3.05) is 10.7 Å². The summed E-state index contributed by atoms with van der Waals surface area (Å²) in [5.41, 5.74) is 2.84. The van der Waals surface area contributed by atoms with Crippen LogP contribution in [-0.2, 0) is 17.8 Å². The second-order valence-electron chi connectivity index (χ2n) is 7.96. The molecule has 4 rings (SSSR count). The number of thioether (sulfide) groups is 1. The number of fused-ring (bicyclic) bond motifs is 2. The van der Waals surface area contributed by atoms with Gasteiger partial charge in [0.05, 0.1) is 16.7 Å². The fourth-order valence-corrected chi connectivity index (χ4v) is 4.79. The minimum atomic E-state index is -0.0425. The van der Waals surface area contributed by atoms with Crippen LogP contribution in [0.25, 0.3) is 10.9 Å². The van der Waals surface area contributed by atoms with Crippen molar-refractivity contribution in [3.8, 4) is 0 Å². The summed E-state index contributed by atoms with van der Waals surface area (Å²) in [7, 11) is 0. The first kappa shape index (κ1) is 19.7. The molecule has 0 aliphatic carbocycles. The maximum Gasteiger partial charge on any atom is 0.262 e. The summed E-state index contributed by atoms with van der Waals surface area (Å²) in [6.07, 6.45) is 0.874. The Labute approximate surface area is 174 Å². The van der Waals surface area contributed by atoms with E-state index in [4.69, 9.17) is 4.98 Å². The van der Waals surface area contributed by atoms with Gasteiger partial charge in [0, 0.05) is 18.3 Å². The van der Waals surface area contributed by atoms with E-state index < -0.39 is 0 Å². The van der Waals surface area contributed by atoms with Gasteiger partial charge in [0.1, 0.15) is 0 Å². The van der Waals surface area contributed by atoms with Crippen LogP contribution in [0.3, 0.4) is 0 Å². The summed E-state index contributed by atoms with van der Waals surface area (Å²) in [5.74, 6) is 0.601. The lowest BCUT2D eigenvalue weighted by Crippen LogP contribution is -2.37. The minimum absolute atomic E-state index is 0.0425. The number of anilines is 1. The minimum Gasteiger partial charge on any atom is -0.308 e. The highest BCUT2D eigenvalue weighted by Crippen LogP contribution is 2.32. The standard InChI is InChI=1S/C23H25N3O2S/c1-15(2)13-25-22(28)18-9-5-6-10-19(18)24-23(25)29-14-21(27)26-16(3)12-17-8-4-7-11-20(17)26/h4-11,15-16H,12-14H2,1-3H3. The van der Waals surface area contributed by atoms with E-state index in [1.165, 1.54) is 17.3 Å². The molecule has 0 saturated heterocycles. The van der Waals surface area contributed by atoms with Gasteiger partial charge in [-0.05, 0) is 43.0 Å². The summed E-state index contributed by atoms with van der Waals surface area (Å²) < 4.78 is 1.71. The normalized spacial score (nSPS) is 15.9. The number of amides is 1. The maximum absolute atomic E-state index is 13.1. The van der Waals surface area contributed by atoms with Gasteiger partial charge in [-0.3, -0.25) is 14.2 Å². The number of hydrogen-bond acceptors (Lipinski definition) is 4. The second kappa shape index (κ2) is 8.03. The molecule has 0 radical (unpaired) electrons. The van der Waals surface area contributed by atoms with Crippen molar-refractivity contribution in [3.63, 3.8) is 0 Å². The van der Waals surface area contributed by atoms with Crippen molar-refractivity contribution in [3.05, 3.63) is 64.4 Å². The molecule has 5 nitrogen and oxygen atoms in total. The van der Waals surface area contributed by atoms with Crippen molar-refractivity contribution < 1.29 is 4.79 Å². The van der Waals surface area contributed by atoms with Crippen LogP contribution in [0.15, 0.2) is 58.5 Å². The van der Waals surface area contributed by atoms with Gasteiger partial charge in [0.2, 0.25) is 5.91 Å². The third kappa shape index (κ3) is 3.81. The molecule has 1 amide bonds. The largest absolute Gasteiger partial charge is 0.308 e. The van der Waals surface area contributed by atoms with Gasteiger partial charge in [0.25, 0.3) is 5.56 Å². The number of rotatable bonds is 5. The third-order valence-electron chi connectivity index (χ3n) is 5.18. The average molecular weight is 408 g/mol. The van der Waals surface area contributed by atoms with Gasteiger partial charge in [-0.1, -0.05) is 55.9 Å². The Bertz CT molecular complexity index is 1120. The molecule has 1 aliphatic heterocycles. The monoisotopic (exact) mass is 407 g/mol. The molecular formula is C23H25N3O2S. The van der Waals surface area contributed by atoms with E-state index in [0.29, 0.717) is 28.5 Å². The quantitative estimate of drug-likeness (QED) is 0.472. The van der Waals surface area contributed by atoms with Crippen LogP contribution in [0.1, 0.15) is 26.3 Å². The highest BCUT2D eigenvalue weighted by molar-refractivity contribution is 7.99. The Morgan fingerprint density at radius 2 is 1.90 bits per heavy atom. The van der Waals surface area contributed by atoms with Gasteiger partial charge in [-0.25, -0.2) is 4.98 Å². The van der Waals surface area contributed by atoms with E-state index in [-0.39, 0.29) is 23.3 Å². The molecule has 2 heterocycles. The number of para-hydroxylation sites is 2. The molecule has 1 aromatic heterocycles. The fraction of sp³-hybridized carbons (Fsp3) is 0.348. The van der Waals surface area contributed by atoms with E-state index in [9.17, 15) is 9.59 Å². The highest BCUT2D eigenvalue weighted by atomic mass is 32.2. The van der Waals surface area contributed by atoms with E-state index in [1.807, 2.05) is 47.4 Å². The van der Waals surface area contributed by atoms with Crippen LogP contribution >= 0.6 is 11.8 Å².